The van der Waals surface area contributed by atoms with Crippen LogP contribution in [0.2, 0.25) is 0 Å². The Morgan fingerprint density at radius 3 is 1.62 bits per heavy atom. The first-order valence-corrected chi connectivity index (χ1v) is 19.9. The van der Waals surface area contributed by atoms with Gasteiger partial charge in [-0.05, 0) is 57.6 Å². The fraction of sp³-hybridized carbons (Fsp3) is 0. The molecule has 0 aliphatic rings. The van der Waals surface area contributed by atoms with Crippen molar-refractivity contribution >= 4 is 92.6 Å². The van der Waals surface area contributed by atoms with Gasteiger partial charge in [-0.3, -0.25) is 9.97 Å². The van der Waals surface area contributed by atoms with Gasteiger partial charge < -0.3 is 9.13 Å². The molecule has 0 bridgehead atoms. The van der Waals surface area contributed by atoms with E-state index in [4.69, 9.17) is 16.5 Å². The maximum atomic E-state index is 11.7. The summed E-state index contributed by atoms with van der Waals surface area (Å²) < 4.78 is 4.56. The van der Waals surface area contributed by atoms with Gasteiger partial charge >= 0.3 is 0 Å². The fourth-order valence-electron chi connectivity index (χ4n) is 10.3. The van der Waals surface area contributed by atoms with E-state index in [1.807, 2.05) is 67.0 Å². The Labute approximate surface area is 342 Å². The molecule has 60 heavy (non-hydrogen) atoms. The zero-order valence-electron chi connectivity index (χ0n) is 31.8. The minimum absolute atomic E-state index is 0.405. The predicted octanol–water partition coefficient (Wildman–Crippen LogP) is 13.9. The summed E-state index contributed by atoms with van der Waals surface area (Å²) in [5.74, 6) is 0. The lowest BCUT2D eigenvalue weighted by Crippen LogP contribution is -2.08. The average molecular weight is 761 g/mol. The zero-order valence-corrected chi connectivity index (χ0v) is 31.8. The van der Waals surface area contributed by atoms with Gasteiger partial charge in [0.05, 0.1) is 56.6 Å². The predicted molar refractivity (Wildman–Crippen MR) is 245 cm³/mol. The highest BCUT2D eigenvalue weighted by Gasteiger charge is 2.33. The van der Waals surface area contributed by atoms with Crippen LogP contribution in [0.25, 0.3) is 125 Å². The molecule has 4 aromatic heterocycles. The van der Waals surface area contributed by atoms with E-state index in [0.717, 1.165) is 109 Å². The highest BCUT2D eigenvalue weighted by atomic mass is 15.0. The smallest absolute Gasteiger partial charge is 0.220 e. The lowest BCUT2D eigenvalue weighted by atomic mass is 9.88. The monoisotopic (exact) mass is 760 g/mol. The third kappa shape index (κ3) is 4.04. The normalized spacial score (nSPS) is 12.0. The Morgan fingerprint density at radius 2 is 0.933 bits per heavy atom. The molecule has 6 nitrogen and oxygen atoms in total. The molecule has 0 radical (unpaired) electrons. The Balaban J connectivity index is 1.33. The van der Waals surface area contributed by atoms with Crippen LogP contribution < -0.4 is 0 Å². The van der Waals surface area contributed by atoms with Gasteiger partial charge in [-0.25, -0.2) is 4.85 Å². The molecule has 0 fully saturated rings. The minimum atomic E-state index is 0.405. The number of hydrogen-bond donors (Lipinski definition) is 0. The second kappa shape index (κ2) is 12.0. The van der Waals surface area contributed by atoms with Crippen LogP contribution in [0.1, 0.15) is 5.56 Å². The molecule has 0 N–H and O–H groups in total. The summed E-state index contributed by atoms with van der Waals surface area (Å²) in [5.41, 5.74) is 11.1. The Kier molecular flexibility index (Phi) is 6.48. The molecule has 0 aliphatic heterocycles. The Bertz CT molecular complexity index is 3620. The van der Waals surface area contributed by atoms with Crippen molar-refractivity contribution in [2.24, 2.45) is 0 Å². The summed E-state index contributed by atoms with van der Waals surface area (Å²) in [4.78, 5) is 14.4. The lowest BCUT2D eigenvalue weighted by molar-refractivity contribution is 1.13. The van der Waals surface area contributed by atoms with Crippen molar-refractivity contribution in [1.29, 1.82) is 5.26 Å². The number of rotatable bonds is 4. The van der Waals surface area contributed by atoms with Crippen LogP contribution in [-0.2, 0) is 0 Å². The Hall–Kier alpha value is -8.58. The van der Waals surface area contributed by atoms with Gasteiger partial charge in [-0.15, -0.1) is 0 Å². The van der Waals surface area contributed by atoms with Gasteiger partial charge in [0.1, 0.15) is 6.07 Å². The minimum Gasteiger partial charge on any atom is -0.318 e. The van der Waals surface area contributed by atoms with E-state index in [1.165, 1.54) is 0 Å². The van der Waals surface area contributed by atoms with E-state index in [9.17, 15) is 5.26 Å². The van der Waals surface area contributed by atoms with Crippen LogP contribution >= 0.6 is 0 Å². The summed E-state index contributed by atoms with van der Waals surface area (Å²) >= 11 is 0. The SMILES string of the molecule is [C-]#[N+]c1c(-c2ccccc2)c(C#N)c(-n2c3cccc4c5cccnc5c5cccc2c5c43)c(-c2ccccc2)c1-n1c2cccc3c4ccccc4c4nccc1c4c32. The highest BCUT2D eigenvalue weighted by molar-refractivity contribution is 6.35. The molecule has 13 aromatic rings. The molecule has 0 atom stereocenters. The number of pyridine rings is 2. The maximum Gasteiger partial charge on any atom is 0.220 e. The molecule has 0 saturated carbocycles. The molecule has 0 spiro atoms. The van der Waals surface area contributed by atoms with Crippen molar-refractivity contribution in [2.75, 3.05) is 0 Å². The number of aromatic nitrogens is 4. The quantitative estimate of drug-likeness (QED) is 0.133. The van der Waals surface area contributed by atoms with Crippen LogP contribution in [0.4, 0.5) is 5.69 Å². The summed E-state index contributed by atoms with van der Waals surface area (Å²) in [6.45, 7) is 9.15. The molecule has 13 rings (SSSR count). The Morgan fingerprint density at radius 1 is 0.433 bits per heavy atom. The first kappa shape index (κ1) is 32.5. The molecular formula is C54H28N6. The molecule has 274 valence electrons. The van der Waals surface area contributed by atoms with Gasteiger partial charge in [0.2, 0.25) is 5.69 Å². The molecule has 0 unspecified atom stereocenters. The van der Waals surface area contributed by atoms with E-state index in [2.05, 4.69) is 123 Å². The number of hydrogen-bond acceptors (Lipinski definition) is 3. The number of nitriles is 1. The van der Waals surface area contributed by atoms with Gasteiger partial charge in [0.25, 0.3) is 0 Å². The van der Waals surface area contributed by atoms with Gasteiger partial charge in [0.15, 0.2) is 0 Å². The third-order valence-corrected chi connectivity index (χ3v) is 12.6. The fourth-order valence-corrected chi connectivity index (χ4v) is 10.3. The van der Waals surface area contributed by atoms with E-state index in [1.54, 1.807) is 0 Å². The standard InChI is InChI=1S/C54H28N6/c1-56-52-44(31-14-4-2-5-15-31)39(30-55)53(59-40-24-11-21-35-37-23-13-28-57-50(37)38-22-12-26-42(59)48(38)46(35)40)45(32-16-6-3-7-17-32)54(52)60-41-25-10-20-34-33-18-8-9-19-36(33)51-49(47(34)41)43(60)27-29-58-51/h2-29H. The molecular weight excluding hydrogens is 733 g/mol. The van der Waals surface area contributed by atoms with Crippen molar-refractivity contribution in [3.63, 3.8) is 0 Å². The number of benzene rings is 9. The lowest BCUT2D eigenvalue weighted by Gasteiger charge is -2.25. The molecule has 9 aromatic carbocycles. The number of nitrogens with zero attached hydrogens (tertiary/aromatic N) is 6. The first-order valence-electron chi connectivity index (χ1n) is 19.9. The molecule has 6 heteroatoms. The zero-order chi connectivity index (χ0) is 39.6. The van der Waals surface area contributed by atoms with Crippen molar-refractivity contribution in [3.8, 4) is 39.7 Å². The largest absolute Gasteiger partial charge is 0.318 e. The average Bonchev–Trinajstić information content (AvgIpc) is 3.84. The van der Waals surface area contributed by atoms with E-state index < -0.39 is 0 Å². The van der Waals surface area contributed by atoms with Crippen LogP contribution in [-0.4, -0.2) is 19.1 Å². The van der Waals surface area contributed by atoms with E-state index in [0.29, 0.717) is 22.5 Å². The van der Waals surface area contributed by atoms with E-state index >= 15 is 0 Å². The summed E-state index contributed by atoms with van der Waals surface area (Å²) in [5, 5.41) is 22.6. The van der Waals surface area contributed by atoms with Crippen molar-refractivity contribution in [3.05, 3.63) is 187 Å². The molecule has 0 aliphatic carbocycles. The summed E-state index contributed by atoms with van der Waals surface area (Å²) in [6, 6.07) is 56.9. The first-order chi connectivity index (χ1) is 29.8. The highest BCUT2D eigenvalue weighted by Crippen LogP contribution is 2.54. The van der Waals surface area contributed by atoms with Gasteiger partial charge in [-0.1, -0.05) is 127 Å². The summed E-state index contributed by atoms with van der Waals surface area (Å²) in [7, 11) is 0. The van der Waals surface area contributed by atoms with Crippen LogP contribution in [0.3, 0.4) is 0 Å². The van der Waals surface area contributed by atoms with E-state index in [-0.39, 0.29) is 0 Å². The summed E-state index contributed by atoms with van der Waals surface area (Å²) in [6.07, 6.45) is 3.74. The molecule has 0 saturated heterocycles. The second-order valence-electron chi connectivity index (χ2n) is 15.4. The van der Waals surface area contributed by atoms with Crippen LogP contribution in [0.5, 0.6) is 0 Å². The number of fused-ring (bicyclic) bond motifs is 6. The molecule has 4 heterocycles. The van der Waals surface area contributed by atoms with Crippen molar-refractivity contribution < 1.29 is 0 Å². The third-order valence-electron chi connectivity index (χ3n) is 12.6. The van der Waals surface area contributed by atoms with Crippen LogP contribution in [0, 0.1) is 17.9 Å². The van der Waals surface area contributed by atoms with Crippen molar-refractivity contribution in [1.82, 2.24) is 19.1 Å². The maximum absolute atomic E-state index is 11.7. The van der Waals surface area contributed by atoms with Gasteiger partial charge in [0, 0.05) is 61.2 Å². The molecule has 0 amide bonds. The van der Waals surface area contributed by atoms with Crippen LogP contribution in [0.15, 0.2) is 170 Å². The second-order valence-corrected chi connectivity index (χ2v) is 15.4. The van der Waals surface area contributed by atoms with Gasteiger partial charge in [-0.2, -0.15) is 5.26 Å². The van der Waals surface area contributed by atoms with Crippen molar-refractivity contribution in [2.45, 2.75) is 0 Å². The topological polar surface area (TPSA) is 63.8 Å².